The van der Waals surface area contributed by atoms with E-state index in [1.165, 1.54) is 0 Å². The van der Waals surface area contributed by atoms with E-state index >= 15 is 0 Å². The third-order valence-corrected chi connectivity index (χ3v) is 2.56. The standard InChI is InChI=1S/C12H20N4O/c1-4-16(3)9-8-14-12(17)10-6-5-7-11(13-2)15-10/h5-7H,4,8-9H2,1-3H3,(H,13,15)(H,14,17). The maximum absolute atomic E-state index is 11.8. The first kappa shape index (κ1) is 13.4. The fraction of sp³-hybridized carbons (Fsp3) is 0.500. The van der Waals surface area contributed by atoms with Crippen molar-refractivity contribution in [3.8, 4) is 0 Å². The number of rotatable bonds is 6. The third-order valence-electron chi connectivity index (χ3n) is 2.56. The smallest absolute Gasteiger partial charge is 0.270 e. The van der Waals surface area contributed by atoms with Gasteiger partial charge in [0.1, 0.15) is 11.5 Å². The van der Waals surface area contributed by atoms with Gasteiger partial charge in [-0.25, -0.2) is 4.98 Å². The van der Waals surface area contributed by atoms with E-state index in [0.29, 0.717) is 18.1 Å². The molecule has 0 atom stereocenters. The molecule has 17 heavy (non-hydrogen) atoms. The van der Waals surface area contributed by atoms with Crippen molar-refractivity contribution >= 4 is 11.7 Å². The Hall–Kier alpha value is -1.62. The number of nitrogens with one attached hydrogen (secondary N) is 2. The summed E-state index contributed by atoms with van der Waals surface area (Å²) in [7, 11) is 3.80. The van der Waals surface area contributed by atoms with Crippen LogP contribution in [0.2, 0.25) is 0 Å². The number of likely N-dealkylation sites (N-methyl/N-ethyl adjacent to an activating group) is 1. The van der Waals surface area contributed by atoms with Crippen LogP contribution in [-0.2, 0) is 0 Å². The lowest BCUT2D eigenvalue weighted by Gasteiger charge is -2.13. The zero-order chi connectivity index (χ0) is 12.7. The minimum absolute atomic E-state index is 0.133. The van der Waals surface area contributed by atoms with Gasteiger partial charge in [-0.3, -0.25) is 4.79 Å². The average molecular weight is 236 g/mol. The predicted octanol–water partition coefficient (Wildman–Crippen LogP) is 0.805. The molecule has 0 saturated heterocycles. The van der Waals surface area contributed by atoms with E-state index in [-0.39, 0.29) is 5.91 Å². The summed E-state index contributed by atoms with van der Waals surface area (Å²) >= 11 is 0. The van der Waals surface area contributed by atoms with Crippen LogP contribution in [0.5, 0.6) is 0 Å². The van der Waals surface area contributed by atoms with E-state index in [4.69, 9.17) is 0 Å². The summed E-state index contributed by atoms with van der Waals surface area (Å²) in [4.78, 5) is 18.1. The quantitative estimate of drug-likeness (QED) is 0.767. The first-order valence-electron chi connectivity index (χ1n) is 5.79. The number of aromatic nitrogens is 1. The van der Waals surface area contributed by atoms with Gasteiger partial charge in [-0.15, -0.1) is 0 Å². The molecule has 5 heteroatoms. The van der Waals surface area contributed by atoms with Crippen molar-refractivity contribution in [3.63, 3.8) is 0 Å². The number of carbonyl (C=O) groups is 1. The molecular weight excluding hydrogens is 216 g/mol. The van der Waals surface area contributed by atoms with Crippen LogP contribution < -0.4 is 10.6 Å². The Labute approximate surface area is 102 Å². The average Bonchev–Trinajstić information content (AvgIpc) is 2.38. The monoisotopic (exact) mass is 236 g/mol. The number of hydrogen-bond donors (Lipinski definition) is 2. The van der Waals surface area contributed by atoms with Crippen LogP contribution in [0.3, 0.4) is 0 Å². The molecule has 0 bridgehead atoms. The van der Waals surface area contributed by atoms with Crippen molar-refractivity contribution in [2.45, 2.75) is 6.92 Å². The number of amides is 1. The van der Waals surface area contributed by atoms with Crippen LogP contribution in [0.4, 0.5) is 5.82 Å². The molecule has 0 fully saturated rings. The Kier molecular flexibility index (Phi) is 5.42. The highest BCUT2D eigenvalue weighted by atomic mass is 16.1. The SMILES string of the molecule is CCN(C)CCNC(=O)c1cccc(NC)n1. The van der Waals surface area contributed by atoms with Gasteiger partial charge in [0.25, 0.3) is 5.91 Å². The minimum atomic E-state index is -0.133. The zero-order valence-electron chi connectivity index (χ0n) is 10.7. The molecule has 1 aromatic rings. The van der Waals surface area contributed by atoms with Gasteiger partial charge in [0.2, 0.25) is 0 Å². The van der Waals surface area contributed by atoms with Crippen LogP contribution in [0.25, 0.3) is 0 Å². The van der Waals surface area contributed by atoms with E-state index in [1.807, 2.05) is 19.2 Å². The predicted molar refractivity (Wildman–Crippen MR) is 69.3 cm³/mol. The molecule has 0 aliphatic heterocycles. The molecule has 1 amide bonds. The van der Waals surface area contributed by atoms with E-state index in [1.54, 1.807) is 13.1 Å². The molecule has 2 N–H and O–H groups in total. The summed E-state index contributed by atoms with van der Waals surface area (Å²) in [5.41, 5.74) is 0.441. The van der Waals surface area contributed by atoms with Crippen LogP contribution >= 0.6 is 0 Å². The lowest BCUT2D eigenvalue weighted by atomic mass is 10.3. The van der Waals surface area contributed by atoms with Crippen molar-refractivity contribution in [2.24, 2.45) is 0 Å². The maximum atomic E-state index is 11.8. The van der Waals surface area contributed by atoms with Crippen LogP contribution in [-0.4, -0.2) is 49.5 Å². The molecule has 1 heterocycles. The number of nitrogens with zero attached hydrogens (tertiary/aromatic N) is 2. The van der Waals surface area contributed by atoms with Gasteiger partial charge in [-0.05, 0) is 25.7 Å². The lowest BCUT2D eigenvalue weighted by Crippen LogP contribution is -2.33. The van der Waals surface area contributed by atoms with Crippen molar-refractivity contribution < 1.29 is 4.79 Å². The topological polar surface area (TPSA) is 57.3 Å². The highest BCUT2D eigenvalue weighted by Gasteiger charge is 2.06. The summed E-state index contributed by atoms with van der Waals surface area (Å²) < 4.78 is 0. The van der Waals surface area contributed by atoms with Crippen LogP contribution in [0.1, 0.15) is 17.4 Å². The van der Waals surface area contributed by atoms with Crippen LogP contribution in [0, 0.1) is 0 Å². The summed E-state index contributed by atoms with van der Waals surface area (Å²) in [6.07, 6.45) is 0. The number of hydrogen-bond acceptors (Lipinski definition) is 4. The normalized spacial score (nSPS) is 10.4. The highest BCUT2D eigenvalue weighted by molar-refractivity contribution is 5.92. The Morgan fingerprint density at radius 1 is 1.47 bits per heavy atom. The fourth-order valence-corrected chi connectivity index (χ4v) is 1.31. The molecule has 0 aliphatic carbocycles. The van der Waals surface area contributed by atoms with Gasteiger partial charge in [-0.2, -0.15) is 0 Å². The van der Waals surface area contributed by atoms with Gasteiger partial charge in [0, 0.05) is 20.1 Å². The summed E-state index contributed by atoms with van der Waals surface area (Å²) in [6.45, 7) is 4.53. The van der Waals surface area contributed by atoms with Crippen molar-refractivity contribution in [1.29, 1.82) is 0 Å². The molecule has 0 aliphatic rings. The molecule has 1 aromatic heterocycles. The van der Waals surface area contributed by atoms with Crippen LogP contribution in [0.15, 0.2) is 18.2 Å². The zero-order valence-corrected chi connectivity index (χ0v) is 10.7. The Balaban J connectivity index is 2.46. The van der Waals surface area contributed by atoms with E-state index in [9.17, 15) is 4.79 Å². The van der Waals surface area contributed by atoms with Gasteiger partial charge < -0.3 is 15.5 Å². The Morgan fingerprint density at radius 2 is 2.24 bits per heavy atom. The van der Waals surface area contributed by atoms with Crippen molar-refractivity contribution in [3.05, 3.63) is 23.9 Å². The molecule has 94 valence electrons. The van der Waals surface area contributed by atoms with E-state index in [0.717, 1.165) is 13.1 Å². The molecule has 0 aromatic carbocycles. The van der Waals surface area contributed by atoms with Gasteiger partial charge >= 0.3 is 0 Å². The van der Waals surface area contributed by atoms with Crippen molar-refractivity contribution in [2.75, 3.05) is 39.0 Å². The van der Waals surface area contributed by atoms with Gasteiger partial charge in [-0.1, -0.05) is 13.0 Å². The Bertz CT molecular complexity index is 367. The molecule has 0 saturated carbocycles. The maximum Gasteiger partial charge on any atom is 0.270 e. The summed E-state index contributed by atoms with van der Waals surface area (Å²) in [6, 6.07) is 5.34. The highest BCUT2D eigenvalue weighted by Crippen LogP contribution is 2.03. The summed E-state index contributed by atoms with van der Waals surface area (Å²) in [5.74, 6) is 0.565. The number of pyridine rings is 1. The first-order valence-corrected chi connectivity index (χ1v) is 5.79. The first-order chi connectivity index (χ1) is 8.17. The van der Waals surface area contributed by atoms with E-state index in [2.05, 4.69) is 27.4 Å². The number of carbonyl (C=O) groups excluding carboxylic acids is 1. The molecule has 0 radical (unpaired) electrons. The summed E-state index contributed by atoms with van der Waals surface area (Å²) in [5, 5.41) is 5.75. The lowest BCUT2D eigenvalue weighted by molar-refractivity contribution is 0.0945. The van der Waals surface area contributed by atoms with Gasteiger partial charge in [0.05, 0.1) is 0 Å². The molecule has 1 rings (SSSR count). The second-order valence-corrected chi connectivity index (χ2v) is 3.81. The molecular formula is C12H20N4O. The third kappa shape index (κ3) is 4.40. The molecule has 0 spiro atoms. The second kappa shape index (κ2) is 6.85. The Morgan fingerprint density at radius 3 is 2.88 bits per heavy atom. The second-order valence-electron chi connectivity index (χ2n) is 3.81. The van der Waals surface area contributed by atoms with Crippen molar-refractivity contribution in [1.82, 2.24) is 15.2 Å². The molecule has 0 unspecified atom stereocenters. The van der Waals surface area contributed by atoms with Gasteiger partial charge in [0.15, 0.2) is 0 Å². The fourth-order valence-electron chi connectivity index (χ4n) is 1.31. The number of anilines is 1. The largest absolute Gasteiger partial charge is 0.373 e. The molecule has 5 nitrogen and oxygen atoms in total. The van der Waals surface area contributed by atoms with E-state index < -0.39 is 0 Å². The minimum Gasteiger partial charge on any atom is -0.373 e.